The Kier molecular flexibility index (Phi) is 2.17. The molecule has 0 unspecified atom stereocenters. The maximum absolute atomic E-state index is 12.6. The lowest BCUT2D eigenvalue weighted by molar-refractivity contribution is -0.123. The summed E-state index contributed by atoms with van der Waals surface area (Å²) in [5.41, 5.74) is 1.84. The number of anilines is 1. The summed E-state index contributed by atoms with van der Waals surface area (Å²) in [6.45, 7) is 1.99. The van der Waals surface area contributed by atoms with Crippen LogP contribution >= 0.6 is 0 Å². The van der Waals surface area contributed by atoms with Crippen LogP contribution in [0.3, 0.4) is 0 Å². The fourth-order valence-corrected chi connectivity index (χ4v) is 4.43. The van der Waals surface area contributed by atoms with Gasteiger partial charge in [0.25, 0.3) is 0 Å². The second-order valence-electron chi connectivity index (χ2n) is 6.24. The Balaban J connectivity index is 1.75. The number of fused-ring (bicyclic) bond motifs is 5. The molecule has 2 aliphatic carbocycles. The molecule has 2 saturated carbocycles. The van der Waals surface area contributed by atoms with Gasteiger partial charge in [-0.3, -0.25) is 14.5 Å². The summed E-state index contributed by atoms with van der Waals surface area (Å²) in [4.78, 5) is 26.7. The summed E-state index contributed by atoms with van der Waals surface area (Å²) in [6.07, 6.45) is 3.35. The van der Waals surface area contributed by atoms with E-state index in [9.17, 15) is 9.59 Å². The van der Waals surface area contributed by atoms with E-state index in [2.05, 4.69) is 0 Å². The normalized spacial score (nSPS) is 36.2. The minimum atomic E-state index is -0.0215. The number of amides is 2. The standard InChI is InChI=1S/C16H17NO2/c1-9-3-2-4-12(7-9)17-15(18)13-10-5-6-11(8-10)14(13)16(17)19/h2-4,7,10-11,13-14H,5-6,8H2,1H3/t10-,11-,13+,14+/m0/s1. The topological polar surface area (TPSA) is 37.4 Å². The van der Waals surface area contributed by atoms with E-state index in [0.29, 0.717) is 11.8 Å². The molecule has 1 aromatic carbocycles. The molecule has 2 amide bonds. The Morgan fingerprint density at radius 2 is 1.68 bits per heavy atom. The average molecular weight is 255 g/mol. The zero-order valence-corrected chi connectivity index (χ0v) is 11.0. The first-order chi connectivity index (χ1) is 9.16. The Morgan fingerprint density at radius 3 is 2.26 bits per heavy atom. The van der Waals surface area contributed by atoms with Gasteiger partial charge < -0.3 is 0 Å². The molecule has 1 aromatic rings. The van der Waals surface area contributed by atoms with Gasteiger partial charge in [0.15, 0.2) is 0 Å². The van der Waals surface area contributed by atoms with E-state index in [1.54, 1.807) is 0 Å². The largest absolute Gasteiger partial charge is 0.274 e. The second kappa shape index (κ2) is 3.69. The van der Waals surface area contributed by atoms with E-state index in [1.807, 2.05) is 31.2 Å². The van der Waals surface area contributed by atoms with Crippen LogP contribution in [-0.4, -0.2) is 11.8 Å². The Hall–Kier alpha value is -1.64. The minimum absolute atomic E-state index is 0.0215. The van der Waals surface area contributed by atoms with E-state index in [4.69, 9.17) is 0 Å². The molecule has 98 valence electrons. The van der Waals surface area contributed by atoms with E-state index >= 15 is 0 Å². The quantitative estimate of drug-likeness (QED) is 0.723. The smallest absolute Gasteiger partial charge is 0.237 e. The number of imide groups is 1. The van der Waals surface area contributed by atoms with Crippen LogP contribution in [0.25, 0.3) is 0 Å². The lowest BCUT2D eigenvalue weighted by Gasteiger charge is -2.19. The summed E-state index contributed by atoms with van der Waals surface area (Å²) in [5.74, 6) is 0.974. The predicted octanol–water partition coefficient (Wildman–Crippen LogP) is 2.53. The van der Waals surface area contributed by atoms with Gasteiger partial charge in [-0.05, 0) is 55.7 Å². The SMILES string of the molecule is Cc1cccc(N2C(=O)[C@@H]3[C@H]4CC[C@@H](C4)[C@H]3C2=O)c1. The number of nitrogens with zero attached hydrogens (tertiary/aromatic N) is 1. The molecule has 3 heteroatoms. The highest BCUT2D eigenvalue weighted by atomic mass is 16.2. The first-order valence-corrected chi connectivity index (χ1v) is 7.11. The fourth-order valence-electron chi connectivity index (χ4n) is 4.43. The van der Waals surface area contributed by atoms with Crippen LogP contribution in [0.1, 0.15) is 24.8 Å². The molecule has 3 nitrogen and oxygen atoms in total. The number of carbonyl (C=O) groups is 2. The van der Waals surface area contributed by atoms with Crippen molar-refractivity contribution in [2.75, 3.05) is 4.90 Å². The van der Waals surface area contributed by atoms with Gasteiger partial charge in [-0.2, -0.15) is 0 Å². The number of hydrogen-bond acceptors (Lipinski definition) is 2. The first kappa shape index (κ1) is 11.2. The predicted molar refractivity (Wildman–Crippen MR) is 71.5 cm³/mol. The van der Waals surface area contributed by atoms with Crippen molar-refractivity contribution in [3.8, 4) is 0 Å². The van der Waals surface area contributed by atoms with Crippen LogP contribution in [0.5, 0.6) is 0 Å². The molecule has 1 saturated heterocycles. The van der Waals surface area contributed by atoms with Crippen molar-refractivity contribution in [1.29, 1.82) is 0 Å². The molecular formula is C16H17NO2. The lowest BCUT2D eigenvalue weighted by Crippen LogP contribution is -2.32. The molecule has 0 radical (unpaired) electrons. The summed E-state index contributed by atoms with van der Waals surface area (Å²) in [6, 6.07) is 7.69. The molecule has 2 bridgehead atoms. The van der Waals surface area contributed by atoms with Gasteiger partial charge in [0.1, 0.15) is 0 Å². The Labute approximate surface area is 112 Å². The van der Waals surface area contributed by atoms with Crippen molar-refractivity contribution in [3.63, 3.8) is 0 Å². The summed E-state index contributed by atoms with van der Waals surface area (Å²) in [7, 11) is 0. The van der Waals surface area contributed by atoms with E-state index in [-0.39, 0.29) is 23.7 Å². The molecule has 4 atom stereocenters. The fraction of sp³-hybridized carbons (Fsp3) is 0.500. The molecule has 3 aliphatic rings. The van der Waals surface area contributed by atoms with Crippen LogP contribution in [0.4, 0.5) is 5.69 Å². The molecule has 19 heavy (non-hydrogen) atoms. The van der Waals surface area contributed by atoms with Crippen LogP contribution in [0, 0.1) is 30.6 Å². The van der Waals surface area contributed by atoms with E-state index in [1.165, 1.54) is 4.90 Å². The summed E-state index contributed by atoms with van der Waals surface area (Å²) >= 11 is 0. The molecule has 0 spiro atoms. The zero-order chi connectivity index (χ0) is 13.1. The van der Waals surface area contributed by atoms with E-state index < -0.39 is 0 Å². The zero-order valence-electron chi connectivity index (χ0n) is 11.0. The molecule has 3 fully saturated rings. The molecule has 0 N–H and O–H groups in total. The monoisotopic (exact) mass is 255 g/mol. The Morgan fingerprint density at radius 1 is 1.05 bits per heavy atom. The van der Waals surface area contributed by atoms with Crippen LogP contribution in [-0.2, 0) is 9.59 Å². The van der Waals surface area contributed by atoms with E-state index in [0.717, 1.165) is 30.5 Å². The lowest BCUT2D eigenvalue weighted by atomic mass is 9.81. The van der Waals surface area contributed by atoms with Gasteiger partial charge in [0.2, 0.25) is 11.8 Å². The second-order valence-corrected chi connectivity index (χ2v) is 6.24. The number of carbonyl (C=O) groups excluding carboxylic acids is 2. The number of rotatable bonds is 1. The summed E-state index contributed by atoms with van der Waals surface area (Å²) in [5, 5.41) is 0. The summed E-state index contributed by atoms with van der Waals surface area (Å²) < 4.78 is 0. The van der Waals surface area contributed by atoms with Gasteiger partial charge in [-0.15, -0.1) is 0 Å². The average Bonchev–Trinajstić information content (AvgIpc) is 3.04. The van der Waals surface area contributed by atoms with Gasteiger partial charge in [0, 0.05) is 0 Å². The highest BCUT2D eigenvalue weighted by Crippen LogP contribution is 2.56. The van der Waals surface area contributed by atoms with Crippen LogP contribution in [0.15, 0.2) is 24.3 Å². The van der Waals surface area contributed by atoms with Crippen molar-refractivity contribution in [2.45, 2.75) is 26.2 Å². The molecule has 1 aliphatic heterocycles. The van der Waals surface area contributed by atoms with Gasteiger partial charge in [0.05, 0.1) is 17.5 Å². The molecular weight excluding hydrogens is 238 g/mol. The van der Waals surface area contributed by atoms with Crippen molar-refractivity contribution in [1.82, 2.24) is 0 Å². The maximum atomic E-state index is 12.6. The molecule has 4 rings (SSSR count). The van der Waals surface area contributed by atoms with Crippen molar-refractivity contribution < 1.29 is 9.59 Å². The molecule has 1 heterocycles. The van der Waals surface area contributed by atoms with Crippen molar-refractivity contribution >= 4 is 17.5 Å². The number of hydrogen-bond donors (Lipinski definition) is 0. The van der Waals surface area contributed by atoms with Crippen molar-refractivity contribution in [2.24, 2.45) is 23.7 Å². The number of aryl methyl sites for hydroxylation is 1. The third-order valence-electron chi connectivity index (χ3n) is 5.19. The Bertz CT molecular complexity index is 552. The van der Waals surface area contributed by atoms with Gasteiger partial charge >= 0.3 is 0 Å². The van der Waals surface area contributed by atoms with Crippen LogP contribution < -0.4 is 4.90 Å². The third-order valence-corrected chi connectivity index (χ3v) is 5.19. The van der Waals surface area contributed by atoms with Gasteiger partial charge in [-0.1, -0.05) is 12.1 Å². The maximum Gasteiger partial charge on any atom is 0.237 e. The third kappa shape index (κ3) is 1.38. The molecule has 0 aromatic heterocycles. The number of benzene rings is 1. The highest BCUT2D eigenvalue weighted by Gasteiger charge is 2.61. The minimum Gasteiger partial charge on any atom is -0.274 e. The van der Waals surface area contributed by atoms with Gasteiger partial charge in [-0.25, -0.2) is 0 Å². The van der Waals surface area contributed by atoms with Crippen molar-refractivity contribution in [3.05, 3.63) is 29.8 Å². The first-order valence-electron chi connectivity index (χ1n) is 7.11. The van der Waals surface area contributed by atoms with Crippen LogP contribution in [0.2, 0.25) is 0 Å². The highest BCUT2D eigenvalue weighted by molar-refractivity contribution is 6.22.